The Morgan fingerprint density at radius 2 is 1.87 bits per heavy atom. The standard InChI is InChI=1S/C26H39N3O2/c1-16(2)11-21-24-22-20(15-29(24)14-17(3)4)12-26(21,28-23(22)18(5)30)25(31)27-13-19-9-7-6-8-10-19/h6-10,16-17,20-24,28H,11-15H2,1-5H3,(H,27,31)/t20-,21-,22+,23?,24-,26+/m1/s1. The largest absolute Gasteiger partial charge is 0.350 e. The normalized spacial score (nSPS) is 34.5. The molecule has 1 amide bonds. The Bertz CT molecular complexity index is 808. The van der Waals surface area contributed by atoms with Gasteiger partial charge in [-0.15, -0.1) is 0 Å². The van der Waals surface area contributed by atoms with Crippen molar-refractivity contribution in [2.75, 3.05) is 13.1 Å². The number of likely N-dealkylation sites (tertiary alicyclic amines) is 1. The fourth-order valence-corrected chi connectivity index (χ4v) is 6.80. The molecule has 5 rings (SSSR count). The first-order valence-corrected chi connectivity index (χ1v) is 12.1. The van der Waals surface area contributed by atoms with Crippen LogP contribution in [-0.2, 0) is 16.1 Å². The van der Waals surface area contributed by atoms with Gasteiger partial charge in [0.2, 0.25) is 5.91 Å². The van der Waals surface area contributed by atoms with Crippen LogP contribution in [0, 0.1) is 29.6 Å². The molecule has 0 radical (unpaired) electrons. The van der Waals surface area contributed by atoms with E-state index in [1.54, 1.807) is 6.92 Å². The van der Waals surface area contributed by atoms with Crippen LogP contribution in [0.3, 0.4) is 0 Å². The molecule has 5 heteroatoms. The molecule has 1 aromatic rings. The molecule has 4 aliphatic rings. The average Bonchev–Trinajstić information content (AvgIpc) is 3.01. The lowest BCUT2D eigenvalue weighted by molar-refractivity contribution is -0.147. The van der Waals surface area contributed by atoms with Crippen LogP contribution in [0.5, 0.6) is 0 Å². The topological polar surface area (TPSA) is 61.4 Å². The number of carbonyl (C=O) groups is 2. The number of carbonyl (C=O) groups excluding carboxylic acids is 2. The first-order chi connectivity index (χ1) is 14.7. The summed E-state index contributed by atoms with van der Waals surface area (Å²) in [6.45, 7) is 13.3. The molecular weight excluding hydrogens is 386 g/mol. The quantitative estimate of drug-likeness (QED) is 0.671. The molecule has 3 aliphatic heterocycles. The summed E-state index contributed by atoms with van der Waals surface area (Å²) in [4.78, 5) is 29.2. The van der Waals surface area contributed by atoms with Crippen molar-refractivity contribution in [3.63, 3.8) is 0 Å². The molecule has 1 aliphatic carbocycles. The zero-order valence-corrected chi connectivity index (χ0v) is 19.7. The highest BCUT2D eigenvalue weighted by Gasteiger charge is 2.68. The van der Waals surface area contributed by atoms with Crippen LogP contribution in [-0.4, -0.2) is 47.3 Å². The minimum atomic E-state index is -0.662. The molecule has 170 valence electrons. The monoisotopic (exact) mass is 425 g/mol. The molecule has 4 bridgehead atoms. The molecule has 1 saturated carbocycles. The number of piperidine rings is 2. The highest BCUT2D eigenvalue weighted by atomic mass is 16.2. The van der Waals surface area contributed by atoms with E-state index in [0.29, 0.717) is 36.3 Å². The van der Waals surface area contributed by atoms with E-state index in [2.05, 4.69) is 43.2 Å². The van der Waals surface area contributed by atoms with Crippen molar-refractivity contribution in [3.8, 4) is 0 Å². The van der Waals surface area contributed by atoms with E-state index in [1.165, 1.54) is 0 Å². The van der Waals surface area contributed by atoms with Crippen LogP contribution in [0.15, 0.2) is 30.3 Å². The van der Waals surface area contributed by atoms with Gasteiger partial charge in [0.05, 0.1) is 6.04 Å². The van der Waals surface area contributed by atoms with Crippen LogP contribution in [0.2, 0.25) is 0 Å². The van der Waals surface area contributed by atoms with Gasteiger partial charge in [0, 0.05) is 37.5 Å². The van der Waals surface area contributed by atoms with Crippen molar-refractivity contribution in [1.29, 1.82) is 0 Å². The molecule has 1 unspecified atom stereocenters. The zero-order valence-electron chi connectivity index (χ0n) is 19.7. The Labute approximate surface area is 187 Å². The van der Waals surface area contributed by atoms with Crippen molar-refractivity contribution in [1.82, 2.24) is 15.5 Å². The third-order valence-electron chi connectivity index (χ3n) is 7.72. The minimum absolute atomic E-state index is 0.0767. The van der Waals surface area contributed by atoms with Crippen molar-refractivity contribution in [3.05, 3.63) is 35.9 Å². The number of Topliss-reactive ketones (excluding diaryl/α,β-unsaturated/α-hetero) is 1. The van der Waals surface area contributed by atoms with Gasteiger partial charge in [-0.25, -0.2) is 0 Å². The summed E-state index contributed by atoms with van der Waals surface area (Å²) in [5, 5.41) is 6.88. The molecule has 0 aromatic heterocycles. The van der Waals surface area contributed by atoms with E-state index in [1.807, 2.05) is 30.3 Å². The summed E-state index contributed by atoms with van der Waals surface area (Å²) in [6, 6.07) is 10.2. The van der Waals surface area contributed by atoms with E-state index in [0.717, 1.165) is 31.5 Å². The molecule has 6 atom stereocenters. The molecule has 4 fully saturated rings. The minimum Gasteiger partial charge on any atom is -0.350 e. The average molecular weight is 426 g/mol. The number of fused-ring (bicyclic) bond motifs is 1. The Hall–Kier alpha value is -1.72. The summed E-state index contributed by atoms with van der Waals surface area (Å²) >= 11 is 0. The maximum absolute atomic E-state index is 13.9. The summed E-state index contributed by atoms with van der Waals surface area (Å²) in [6.07, 6.45) is 1.84. The molecule has 5 nitrogen and oxygen atoms in total. The van der Waals surface area contributed by atoms with Crippen molar-refractivity contribution in [2.45, 2.75) is 71.6 Å². The smallest absolute Gasteiger partial charge is 0.240 e. The molecule has 2 N–H and O–H groups in total. The highest BCUT2D eigenvalue weighted by Crippen LogP contribution is 2.55. The molecule has 1 aromatic carbocycles. The molecule has 3 heterocycles. The lowest BCUT2D eigenvalue weighted by Crippen LogP contribution is -2.78. The van der Waals surface area contributed by atoms with Gasteiger partial charge in [0.25, 0.3) is 0 Å². The number of nitrogens with one attached hydrogen (secondary N) is 2. The first kappa shape index (κ1) is 22.5. The van der Waals surface area contributed by atoms with E-state index >= 15 is 0 Å². The van der Waals surface area contributed by atoms with Gasteiger partial charge in [0.15, 0.2) is 0 Å². The van der Waals surface area contributed by atoms with Gasteiger partial charge < -0.3 is 5.32 Å². The van der Waals surface area contributed by atoms with Crippen molar-refractivity contribution >= 4 is 11.7 Å². The van der Waals surface area contributed by atoms with Crippen LogP contribution in [0.25, 0.3) is 0 Å². The number of nitrogens with zero attached hydrogens (tertiary/aromatic N) is 1. The second-order valence-corrected chi connectivity index (χ2v) is 11.0. The second kappa shape index (κ2) is 8.67. The van der Waals surface area contributed by atoms with Gasteiger partial charge in [0.1, 0.15) is 11.3 Å². The Kier molecular flexibility index (Phi) is 6.28. The van der Waals surface area contributed by atoms with Crippen molar-refractivity contribution < 1.29 is 9.59 Å². The van der Waals surface area contributed by atoms with E-state index in [4.69, 9.17) is 0 Å². The van der Waals surface area contributed by atoms with Gasteiger partial charge >= 0.3 is 0 Å². The van der Waals surface area contributed by atoms with E-state index in [9.17, 15) is 9.59 Å². The summed E-state index contributed by atoms with van der Waals surface area (Å²) in [5.74, 6) is 2.28. The number of amides is 1. The van der Waals surface area contributed by atoms with Gasteiger partial charge in [-0.05, 0) is 43.1 Å². The lowest BCUT2D eigenvalue weighted by Gasteiger charge is -2.59. The Balaban J connectivity index is 1.67. The third-order valence-corrected chi connectivity index (χ3v) is 7.72. The van der Waals surface area contributed by atoms with Crippen LogP contribution in [0.4, 0.5) is 0 Å². The van der Waals surface area contributed by atoms with Gasteiger partial charge in [-0.1, -0.05) is 58.0 Å². The molecule has 31 heavy (non-hydrogen) atoms. The van der Waals surface area contributed by atoms with Crippen molar-refractivity contribution in [2.24, 2.45) is 29.6 Å². The summed E-state index contributed by atoms with van der Waals surface area (Å²) in [5.41, 5.74) is 0.440. The second-order valence-electron chi connectivity index (χ2n) is 11.0. The number of rotatable bonds is 8. The zero-order chi connectivity index (χ0) is 22.3. The summed E-state index contributed by atoms with van der Waals surface area (Å²) < 4.78 is 0. The predicted molar refractivity (Wildman–Crippen MR) is 123 cm³/mol. The number of hydrogen-bond donors (Lipinski definition) is 2. The van der Waals surface area contributed by atoms with Gasteiger partial charge in [-0.3, -0.25) is 19.8 Å². The third kappa shape index (κ3) is 4.07. The van der Waals surface area contributed by atoms with E-state index in [-0.39, 0.29) is 23.7 Å². The van der Waals surface area contributed by atoms with Gasteiger partial charge in [-0.2, -0.15) is 0 Å². The Morgan fingerprint density at radius 1 is 1.16 bits per heavy atom. The fourth-order valence-electron chi connectivity index (χ4n) is 6.80. The molecule has 3 saturated heterocycles. The Morgan fingerprint density at radius 3 is 2.48 bits per heavy atom. The fraction of sp³-hybridized carbons (Fsp3) is 0.692. The number of hydrogen-bond acceptors (Lipinski definition) is 4. The van der Waals surface area contributed by atoms with Crippen LogP contribution in [0.1, 0.15) is 53.0 Å². The number of benzene rings is 1. The SMILES string of the molecule is CC(=O)C1N[C@@]2(C(=O)NCc3ccccc3)C[C@@H]3CN(CC(C)C)[C@@H]([C@H]13)[C@H]2CC(C)C. The highest BCUT2D eigenvalue weighted by molar-refractivity contribution is 5.90. The van der Waals surface area contributed by atoms with E-state index < -0.39 is 5.54 Å². The summed E-state index contributed by atoms with van der Waals surface area (Å²) in [7, 11) is 0. The maximum atomic E-state index is 13.9. The first-order valence-electron chi connectivity index (χ1n) is 12.1. The van der Waals surface area contributed by atoms with Crippen LogP contribution >= 0.6 is 0 Å². The van der Waals surface area contributed by atoms with Crippen LogP contribution < -0.4 is 10.6 Å². The molecular formula is C26H39N3O2. The molecule has 0 spiro atoms. The lowest BCUT2D eigenvalue weighted by atomic mass is 9.55. The predicted octanol–water partition coefficient (Wildman–Crippen LogP) is 3.24. The number of ketones is 1. The maximum Gasteiger partial charge on any atom is 0.240 e.